The zero-order valence-corrected chi connectivity index (χ0v) is 19.2. The number of nitrogens with zero attached hydrogens (tertiary/aromatic N) is 1. The molecule has 2 atom stereocenters. The van der Waals surface area contributed by atoms with E-state index in [0.29, 0.717) is 23.6 Å². The highest BCUT2D eigenvalue weighted by atomic mass is 19.1. The van der Waals surface area contributed by atoms with Crippen LogP contribution in [-0.2, 0) is 13.0 Å². The van der Waals surface area contributed by atoms with E-state index >= 15 is 0 Å². The van der Waals surface area contributed by atoms with E-state index in [9.17, 15) is 9.18 Å². The summed E-state index contributed by atoms with van der Waals surface area (Å²) in [5.41, 5.74) is 3.75. The van der Waals surface area contributed by atoms with E-state index in [1.807, 2.05) is 43.3 Å². The van der Waals surface area contributed by atoms with Gasteiger partial charge in [-0.25, -0.2) is 4.39 Å². The first-order chi connectivity index (χ1) is 16.0. The highest BCUT2D eigenvalue weighted by Crippen LogP contribution is 2.40. The molecule has 1 aliphatic heterocycles. The van der Waals surface area contributed by atoms with Gasteiger partial charge in [-0.3, -0.25) is 9.69 Å². The van der Waals surface area contributed by atoms with Gasteiger partial charge in [-0.15, -0.1) is 0 Å². The molecule has 0 aromatic heterocycles. The van der Waals surface area contributed by atoms with Crippen LogP contribution in [0.2, 0.25) is 0 Å². The van der Waals surface area contributed by atoms with E-state index in [-0.39, 0.29) is 23.8 Å². The fourth-order valence-electron chi connectivity index (χ4n) is 4.62. The maximum Gasteiger partial charge on any atom is 0.251 e. The summed E-state index contributed by atoms with van der Waals surface area (Å²) in [5, 5.41) is 3.17. The van der Waals surface area contributed by atoms with Gasteiger partial charge in [0, 0.05) is 24.7 Å². The summed E-state index contributed by atoms with van der Waals surface area (Å²) in [6, 6.07) is 19.6. The quantitative estimate of drug-likeness (QED) is 0.566. The number of nitrogens with one attached hydrogen (secondary N) is 1. The molecule has 3 aromatic rings. The molecular weight excluding hydrogens is 419 g/mol. The molecule has 0 radical (unpaired) electrons. The smallest absolute Gasteiger partial charge is 0.251 e. The van der Waals surface area contributed by atoms with Crippen molar-refractivity contribution in [1.82, 2.24) is 10.2 Å². The first-order valence-electron chi connectivity index (χ1n) is 11.1. The maximum absolute atomic E-state index is 13.9. The van der Waals surface area contributed by atoms with Crippen LogP contribution in [0.1, 0.15) is 40.0 Å². The standard InChI is InChI=1S/C27H29FN2O3/c1-18(29-27(31)20-9-5-4-6-10-20)26-23-16-25(33-3)24(32-2)15-21(23)12-13-30(26)17-19-8-7-11-22(28)14-19/h4-11,14-16,18,26H,12-13,17H2,1-3H3,(H,29,31)/t18-,26+/m0/s1. The molecule has 1 amide bonds. The van der Waals surface area contributed by atoms with Gasteiger partial charge in [-0.05, 0) is 66.4 Å². The van der Waals surface area contributed by atoms with E-state index in [2.05, 4.69) is 10.2 Å². The van der Waals surface area contributed by atoms with Gasteiger partial charge in [0.05, 0.1) is 20.3 Å². The predicted octanol–water partition coefficient (Wildman–Crippen LogP) is 4.76. The molecule has 3 aromatic carbocycles. The maximum atomic E-state index is 13.9. The van der Waals surface area contributed by atoms with Crippen LogP contribution in [0, 0.1) is 5.82 Å². The predicted molar refractivity (Wildman–Crippen MR) is 126 cm³/mol. The molecule has 1 heterocycles. The number of fused-ring (bicyclic) bond motifs is 1. The molecular formula is C27H29FN2O3. The van der Waals surface area contributed by atoms with Crippen molar-refractivity contribution in [3.8, 4) is 11.5 Å². The van der Waals surface area contributed by atoms with E-state index in [1.165, 1.54) is 6.07 Å². The highest BCUT2D eigenvalue weighted by molar-refractivity contribution is 5.94. The highest BCUT2D eigenvalue weighted by Gasteiger charge is 2.34. The van der Waals surface area contributed by atoms with Crippen LogP contribution >= 0.6 is 0 Å². The number of halogens is 1. The fraction of sp³-hybridized carbons (Fsp3) is 0.296. The number of hydrogen-bond donors (Lipinski definition) is 1. The van der Waals surface area contributed by atoms with Gasteiger partial charge in [0.1, 0.15) is 5.82 Å². The lowest BCUT2D eigenvalue weighted by Crippen LogP contribution is -2.47. The largest absolute Gasteiger partial charge is 0.493 e. The van der Waals surface area contributed by atoms with Gasteiger partial charge in [0.2, 0.25) is 0 Å². The second-order valence-corrected chi connectivity index (χ2v) is 8.33. The lowest BCUT2D eigenvalue weighted by Gasteiger charge is -2.41. The minimum absolute atomic E-state index is 0.121. The first kappa shape index (κ1) is 22.8. The Balaban J connectivity index is 1.69. The van der Waals surface area contributed by atoms with Gasteiger partial charge >= 0.3 is 0 Å². The number of ether oxygens (including phenoxy) is 2. The van der Waals surface area contributed by atoms with Crippen molar-refractivity contribution in [3.63, 3.8) is 0 Å². The summed E-state index contributed by atoms with van der Waals surface area (Å²) in [6.45, 7) is 3.35. The molecule has 33 heavy (non-hydrogen) atoms. The monoisotopic (exact) mass is 448 g/mol. The van der Waals surface area contributed by atoms with Crippen LogP contribution in [0.5, 0.6) is 11.5 Å². The number of rotatable bonds is 7. The number of carbonyl (C=O) groups excluding carboxylic acids is 1. The Morgan fingerprint density at radius 3 is 2.48 bits per heavy atom. The van der Waals surface area contributed by atoms with Crippen LogP contribution in [-0.4, -0.2) is 37.6 Å². The topological polar surface area (TPSA) is 50.8 Å². The third-order valence-electron chi connectivity index (χ3n) is 6.17. The molecule has 0 aliphatic carbocycles. The van der Waals surface area contributed by atoms with Gasteiger partial charge < -0.3 is 14.8 Å². The number of amides is 1. The summed E-state index contributed by atoms with van der Waals surface area (Å²) in [4.78, 5) is 15.2. The van der Waals surface area contributed by atoms with Gasteiger partial charge in [-0.1, -0.05) is 30.3 Å². The third kappa shape index (κ3) is 5.01. The second kappa shape index (κ2) is 10.0. The summed E-state index contributed by atoms with van der Waals surface area (Å²) in [6.07, 6.45) is 0.820. The normalized spacial score (nSPS) is 16.5. The molecule has 172 valence electrons. The Hall–Kier alpha value is -3.38. The van der Waals surface area contributed by atoms with Crippen molar-refractivity contribution in [2.24, 2.45) is 0 Å². The van der Waals surface area contributed by atoms with Crippen molar-refractivity contribution >= 4 is 5.91 Å². The Morgan fingerprint density at radius 2 is 1.79 bits per heavy atom. The van der Waals surface area contributed by atoms with Crippen molar-refractivity contribution in [2.45, 2.75) is 32.0 Å². The first-order valence-corrected chi connectivity index (χ1v) is 11.1. The van der Waals surface area contributed by atoms with Crippen LogP contribution in [0.4, 0.5) is 4.39 Å². The molecule has 0 saturated heterocycles. The Morgan fingerprint density at radius 1 is 1.06 bits per heavy atom. The van der Waals surface area contributed by atoms with Crippen molar-refractivity contribution < 1.29 is 18.7 Å². The molecule has 0 fully saturated rings. The second-order valence-electron chi connectivity index (χ2n) is 8.33. The van der Waals surface area contributed by atoms with Gasteiger partial charge in [-0.2, -0.15) is 0 Å². The van der Waals surface area contributed by atoms with Gasteiger partial charge in [0.15, 0.2) is 11.5 Å². The minimum Gasteiger partial charge on any atom is -0.493 e. The number of benzene rings is 3. The van der Waals surface area contributed by atoms with Crippen molar-refractivity contribution in [2.75, 3.05) is 20.8 Å². The zero-order chi connectivity index (χ0) is 23.4. The average Bonchev–Trinajstić information content (AvgIpc) is 2.83. The van der Waals surface area contributed by atoms with Crippen molar-refractivity contribution in [1.29, 1.82) is 0 Å². The molecule has 0 spiro atoms. The molecule has 0 unspecified atom stereocenters. The summed E-state index contributed by atoms with van der Waals surface area (Å²) < 4.78 is 24.9. The number of hydrogen-bond acceptors (Lipinski definition) is 4. The van der Waals surface area contributed by atoms with Crippen LogP contribution < -0.4 is 14.8 Å². The Bertz CT molecular complexity index is 1120. The molecule has 6 heteroatoms. The molecule has 0 bridgehead atoms. The summed E-state index contributed by atoms with van der Waals surface area (Å²) >= 11 is 0. The lowest BCUT2D eigenvalue weighted by molar-refractivity contribution is 0.0877. The molecule has 4 rings (SSSR count). The lowest BCUT2D eigenvalue weighted by atomic mass is 9.87. The molecule has 5 nitrogen and oxygen atoms in total. The van der Waals surface area contributed by atoms with Crippen LogP contribution in [0.15, 0.2) is 66.7 Å². The zero-order valence-electron chi connectivity index (χ0n) is 19.2. The number of carbonyl (C=O) groups is 1. The van der Waals surface area contributed by atoms with Gasteiger partial charge in [0.25, 0.3) is 5.91 Å². The molecule has 1 N–H and O–H groups in total. The average molecular weight is 449 g/mol. The van der Waals surface area contributed by atoms with Crippen molar-refractivity contribution in [3.05, 3.63) is 94.8 Å². The summed E-state index contributed by atoms with van der Waals surface area (Å²) in [5.74, 6) is 0.963. The van der Waals surface area contributed by atoms with Crippen LogP contribution in [0.25, 0.3) is 0 Å². The Kier molecular flexibility index (Phi) is 6.94. The SMILES string of the molecule is COc1cc2c(cc1OC)[C@@H]([C@H](C)NC(=O)c1ccccc1)N(Cc1cccc(F)c1)CC2. The molecule has 1 aliphatic rings. The Labute approximate surface area is 194 Å². The van der Waals surface area contributed by atoms with Crippen LogP contribution in [0.3, 0.4) is 0 Å². The van der Waals surface area contributed by atoms with E-state index < -0.39 is 0 Å². The molecule has 0 saturated carbocycles. The minimum atomic E-state index is -0.252. The van der Waals surface area contributed by atoms with E-state index in [0.717, 1.165) is 29.7 Å². The van der Waals surface area contributed by atoms with E-state index in [1.54, 1.807) is 38.5 Å². The summed E-state index contributed by atoms with van der Waals surface area (Å²) in [7, 11) is 3.25. The fourth-order valence-corrected chi connectivity index (χ4v) is 4.62. The number of methoxy groups -OCH3 is 2. The van der Waals surface area contributed by atoms with E-state index in [4.69, 9.17) is 9.47 Å². The third-order valence-corrected chi connectivity index (χ3v) is 6.17.